The van der Waals surface area contributed by atoms with Crippen LogP contribution in [0.2, 0.25) is 0 Å². The third-order valence-corrected chi connectivity index (χ3v) is 4.73. The summed E-state index contributed by atoms with van der Waals surface area (Å²) in [4.78, 5) is 18.9. The Bertz CT molecular complexity index is 715. The second kappa shape index (κ2) is 5.70. The predicted octanol–water partition coefficient (Wildman–Crippen LogP) is 1.75. The topological polar surface area (TPSA) is 84.4 Å². The predicted molar refractivity (Wildman–Crippen MR) is 86.8 cm³/mol. The number of nitrogens with two attached hydrogens (primary N) is 1. The molecule has 1 aromatic carbocycles. The summed E-state index contributed by atoms with van der Waals surface area (Å²) in [6, 6.07) is 7.56. The summed E-state index contributed by atoms with van der Waals surface area (Å²) in [5.74, 6) is 1.06. The van der Waals surface area contributed by atoms with Gasteiger partial charge in [0.05, 0.1) is 6.20 Å². The monoisotopic (exact) mass is 312 g/mol. The number of nitrogen functional groups attached to an aromatic ring is 1. The van der Waals surface area contributed by atoms with Crippen LogP contribution < -0.4 is 11.1 Å². The molecule has 2 aromatic rings. The summed E-state index contributed by atoms with van der Waals surface area (Å²) >= 11 is 0. The molecule has 0 spiro atoms. The summed E-state index contributed by atoms with van der Waals surface area (Å²) in [5, 5.41) is 3.05. The number of benzene rings is 1. The minimum Gasteiger partial charge on any atom is -0.432 e. The van der Waals surface area contributed by atoms with Gasteiger partial charge in [-0.15, -0.1) is 0 Å². The van der Waals surface area contributed by atoms with Crippen LogP contribution in [0.3, 0.4) is 0 Å². The average Bonchev–Trinajstić information content (AvgIpc) is 3.15. The van der Waals surface area contributed by atoms with E-state index in [9.17, 15) is 4.79 Å². The third kappa shape index (κ3) is 2.82. The Labute approximate surface area is 134 Å². The van der Waals surface area contributed by atoms with Crippen molar-refractivity contribution in [3.8, 4) is 11.3 Å². The van der Waals surface area contributed by atoms with Crippen LogP contribution in [-0.4, -0.2) is 41.5 Å². The second-order valence-electron chi connectivity index (χ2n) is 6.44. The number of fused-ring (bicyclic) bond motifs is 2. The number of nitrogens with one attached hydrogen (secondary N) is 1. The van der Waals surface area contributed by atoms with Crippen LogP contribution >= 0.6 is 0 Å². The van der Waals surface area contributed by atoms with Gasteiger partial charge in [-0.3, -0.25) is 4.79 Å². The minimum atomic E-state index is -0.252. The number of hydrogen-bond acceptors (Lipinski definition) is 5. The van der Waals surface area contributed by atoms with Crippen LogP contribution in [-0.2, 0) is 0 Å². The Morgan fingerprint density at radius 3 is 3.04 bits per heavy atom. The van der Waals surface area contributed by atoms with E-state index >= 15 is 0 Å². The summed E-state index contributed by atoms with van der Waals surface area (Å²) < 4.78 is 5.61. The lowest BCUT2D eigenvalue weighted by Gasteiger charge is -2.30. The van der Waals surface area contributed by atoms with E-state index in [0.29, 0.717) is 17.4 Å². The molecule has 4 rings (SSSR count). The summed E-state index contributed by atoms with van der Waals surface area (Å²) in [7, 11) is 0. The lowest BCUT2D eigenvalue weighted by Crippen LogP contribution is -2.47. The highest BCUT2D eigenvalue weighted by Crippen LogP contribution is 2.28. The molecule has 6 nitrogen and oxygen atoms in total. The lowest BCUT2D eigenvalue weighted by atomic mass is 9.97. The Kier molecular flexibility index (Phi) is 3.53. The van der Waals surface area contributed by atoms with Gasteiger partial charge in [0.2, 0.25) is 0 Å². The molecule has 3 unspecified atom stereocenters. The maximum atomic E-state index is 12.4. The number of nitrogens with zero attached hydrogens (tertiary/aromatic N) is 2. The van der Waals surface area contributed by atoms with Crippen molar-refractivity contribution in [2.24, 2.45) is 5.92 Å². The second-order valence-corrected chi connectivity index (χ2v) is 6.44. The fraction of sp³-hybridized carbons (Fsp3) is 0.412. The van der Waals surface area contributed by atoms with Gasteiger partial charge >= 0.3 is 5.91 Å². The van der Waals surface area contributed by atoms with Gasteiger partial charge in [-0.1, -0.05) is 12.1 Å². The van der Waals surface area contributed by atoms with E-state index in [4.69, 9.17) is 10.2 Å². The number of piperidine rings is 1. The van der Waals surface area contributed by atoms with Crippen LogP contribution in [0.5, 0.6) is 0 Å². The summed E-state index contributed by atoms with van der Waals surface area (Å²) in [6.45, 7) is 3.23. The zero-order valence-corrected chi connectivity index (χ0v) is 12.9. The van der Waals surface area contributed by atoms with Gasteiger partial charge in [0.15, 0.2) is 5.76 Å². The van der Waals surface area contributed by atoms with Crippen molar-refractivity contribution in [3.05, 3.63) is 36.4 Å². The van der Waals surface area contributed by atoms with Gasteiger partial charge in [0, 0.05) is 30.4 Å². The van der Waals surface area contributed by atoms with Gasteiger partial charge in [-0.05, 0) is 37.4 Å². The van der Waals surface area contributed by atoms with E-state index in [1.807, 2.05) is 18.2 Å². The molecule has 3 heterocycles. The molecule has 3 N–H and O–H groups in total. The number of hydrogen-bond donors (Lipinski definition) is 2. The molecule has 0 saturated carbocycles. The van der Waals surface area contributed by atoms with Crippen molar-refractivity contribution in [3.63, 3.8) is 0 Å². The molecular formula is C17H20N4O2. The first-order chi connectivity index (χ1) is 11.2. The number of anilines is 1. The van der Waals surface area contributed by atoms with Crippen molar-refractivity contribution in [2.45, 2.75) is 18.9 Å². The first-order valence-corrected chi connectivity index (χ1v) is 8.03. The fourth-order valence-electron chi connectivity index (χ4n) is 3.64. The van der Waals surface area contributed by atoms with Crippen LogP contribution in [0.15, 0.2) is 34.9 Å². The lowest BCUT2D eigenvalue weighted by molar-refractivity contribution is 0.0875. The zero-order valence-electron chi connectivity index (χ0n) is 12.9. The Morgan fingerprint density at radius 1 is 1.35 bits per heavy atom. The van der Waals surface area contributed by atoms with Crippen molar-refractivity contribution in [1.82, 2.24) is 15.2 Å². The van der Waals surface area contributed by atoms with Gasteiger partial charge in [-0.2, -0.15) is 0 Å². The third-order valence-electron chi connectivity index (χ3n) is 4.73. The number of rotatable bonds is 3. The summed E-state index contributed by atoms with van der Waals surface area (Å²) in [6.07, 6.45) is 3.83. The van der Waals surface area contributed by atoms with E-state index in [1.54, 1.807) is 12.3 Å². The van der Waals surface area contributed by atoms with E-state index in [2.05, 4.69) is 15.2 Å². The number of aromatic nitrogens is 1. The maximum Gasteiger partial charge on any atom is 0.307 e. The molecule has 6 heteroatoms. The van der Waals surface area contributed by atoms with Crippen molar-refractivity contribution in [1.29, 1.82) is 0 Å². The highest BCUT2D eigenvalue weighted by Gasteiger charge is 2.33. The molecule has 23 heavy (non-hydrogen) atoms. The molecule has 2 aliphatic rings. The number of para-hydroxylation sites is 1. The molecule has 2 saturated heterocycles. The Morgan fingerprint density at radius 2 is 2.22 bits per heavy atom. The van der Waals surface area contributed by atoms with E-state index in [1.165, 1.54) is 13.0 Å². The van der Waals surface area contributed by atoms with Crippen molar-refractivity contribution < 1.29 is 9.21 Å². The Hall–Kier alpha value is -2.34. The van der Waals surface area contributed by atoms with Crippen LogP contribution in [0.1, 0.15) is 23.5 Å². The van der Waals surface area contributed by atoms with Crippen molar-refractivity contribution in [2.75, 3.05) is 25.4 Å². The molecule has 1 amide bonds. The van der Waals surface area contributed by atoms with Gasteiger partial charge < -0.3 is 20.4 Å². The molecular weight excluding hydrogens is 292 g/mol. The minimum absolute atomic E-state index is 0.0937. The standard InChI is InChI=1S/C17H20N4O2/c18-14-4-2-1-3-13(14)15-8-19-17(23-15)16(22)20-12-7-11-5-6-21(9-11)10-12/h1-4,8,11-12H,5-7,9-10,18H2,(H,20,22). The maximum absolute atomic E-state index is 12.4. The van der Waals surface area contributed by atoms with Gasteiger partial charge in [0.25, 0.3) is 5.89 Å². The highest BCUT2D eigenvalue weighted by atomic mass is 16.4. The van der Waals surface area contributed by atoms with Crippen LogP contribution in [0.4, 0.5) is 5.69 Å². The number of carbonyl (C=O) groups is 1. The van der Waals surface area contributed by atoms with E-state index < -0.39 is 0 Å². The molecule has 2 aliphatic heterocycles. The van der Waals surface area contributed by atoms with Crippen molar-refractivity contribution >= 4 is 11.6 Å². The molecule has 0 radical (unpaired) electrons. The van der Waals surface area contributed by atoms with Gasteiger partial charge in [0.1, 0.15) is 0 Å². The molecule has 120 valence electrons. The van der Waals surface area contributed by atoms with Crippen LogP contribution in [0.25, 0.3) is 11.3 Å². The van der Waals surface area contributed by atoms with E-state index in [0.717, 1.165) is 25.1 Å². The summed E-state index contributed by atoms with van der Waals surface area (Å²) in [5.41, 5.74) is 7.29. The fourth-order valence-corrected chi connectivity index (χ4v) is 3.64. The van der Waals surface area contributed by atoms with Gasteiger partial charge in [-0.25, -0.2) is 4.98 Å². The largest absolute Gasteiger partial charge is 0.432 e. The molecule has 2 bridgehead atoms. The smallest absolute Gasteiger partial charge is 0.307 e. The average molecular weight is 312 g/mol. The normalized spacial score (nSPS) is 26.2. The molecule has 2 fully saturated rings. The molecule has 0 aliphatic carbocycles. The van der Waals surface area contributed by atoms with E-state index in [-0.39, 0.29) is 17.8 Å². The Balaban J connectivity index is 1.46. The quantitative estimate of drug-likeness (QED) is 0.844. The number of oxazole rings is 1. The first-order valence-electron chi connectivity index (χ1n) is 8.03. The van der Waals surface area contributed by atoms with Crippen LogP contribution in [0, 0.1) is 5.92 Å². The SMILES string of the molecule is Nc1ccccc1-c1cnc(C(=O)NC2CC3CCN(C3)C2)o1. The molecule has 1 aromatic heterocycles. The molecule has 3 atom stereocenters. The number of amides is 1. The highest BCUT2D eigenvalue weighted by molar-refractivity contribution is 5.90. The zero-order chi connectivity index (χ0) is 15.8. The number of carbonyl (C=O) groups excluding carboxylic acids is 1. The first kappa shape index (κ1) is 14.3.